The number of fused-ring (bicyclic) bond motifs is 5. The molecule has 4 nitrogen and oxygen atoms in total. The first-order chi connectivity index (χ1) is 8.22. The maximum Gasteiger partial charge on any atom is 0.317 e. The maximum atomic E-state index is 12.1. The van der Waals surface area contributed by atoms with Gasteiger partial charge in [0.2, 0.25) is 0 Å². The van der Waals surface area contributed by atoms with Crippen LogP contribution in [0.15, 0.2) is 0 Å². The molecule has 94 valence electrons. The molecule has 2 amide bonds. The Balaban J connectivity index is 1.40. The van der Waals surface area contributed by atoms with Crippen molar-refractivity contribution in [3.05, 3.63) is 0 Å². The smallest absolute Gasteiger partial charge is 0.317 e. The average molecular weight is 236 g/mol. The van der Waals surface area contributed by atoms with E-state index in [0.29, 0.717) is 36.0 Å². The van der Waals surface area contributed by atoms with E-state index in [1.807, 2.05) is 4.90 Å². The summed E-state index contributed by atoms with van der Waals surface area (Å²) >= 11 is 0. The molecule has 1 N–H and O–H groups in total. The lowest BCUT2D eigenvalue weighted by molar-refractivity contribution is 0.0738. The summed E-state index contributed by atoms with van der Waals surface area (Å²) in [4.78, 5) is 14.1. The average Bonchev–Trinajstić information content (AvgIpc) is 2.83. The van der Waals surface area contributed by atoms with Crippen molar-refractivity contribution >= 4 is 6.03 Å². The molecule has 0 aromatic carbocycles. The van der Waals surface area contributed by atoms with Gasteiger partial charge in [-0.15, -0.1) is 0 Å². The molecule has 6 unspecified atom stereocenters. The second-order valence-corrected chi connectivity index (χ2v) is 6.29. The number of likely N-dealkylation sites (tertiary alicyclic amines) is 1. The third-order valence-corrected chi connectivity index (χ3v) is 5.16. The predicted molar refractivity (Wildman–Crippen MR) is 62.5 cm³/mol. The largest absolute Gasteiger partial charge is 0.374 e. The van der Waals surface area contributed by atoms with Crippen LogP contribution in [-0.2, 0) is 4.74 Å². The highest BCUT2D eigenvalue weighted by Gasteiger charge is 2.54. The fourth-order valence-electron chi connectivity index (χ4n) is 3.90. The number of ether oxygens (including phenoxy) is 1. The molecule has 3 aliphatic heterocycles. The standard InChI is InChI=1S/C13H20N2O2/c1-7-4-10(7)14-13(16)15-5-8-9(6-15)12-3-2-11(8)17-12/h7-12H,2-6H2,1H3,(H,14,16). The minimum absolute atomic E-state index is 0.160. The Hall–Kier alpha value is -0.770. The van der Waals surface area contributed by atoms with Crippen molar-refractivity contribution in [1.82, 2.24) is 10.2 Å². The lowest BCUT2D eigenvalue weighted by Gasteiger charge is -2.19. The first-order valence-corrected chi connectivity index (χ1v) is 6.93. The summed E-state index contributed by atoms with van der Waals surface area (Å²) in [5, 5.41) is 3.13. The zero-order valence-corrected chi connectivity index (χ0v) is 10.3. The zero-order chi connectivity index (χ0) is 11.6. The van der Waals surface area contributed by atoms with Crippen molar-refractivity contribution in [3.8, 4) is 0 Å². The third kappa shape index (κ3) is 1.49. The van der Waals surface area contributed by atoms with E-state index in [-0.39, 0.29) is 6.03 Å². The monoisotopic (exact) mass is 236 g/mol. The molecule has 6 atom stereocenters. The van der Waals surface area contributed by atoms with E-state index in [0.717, 1.165) is 19.5 Å². The van der Waals surface area contributed by atoms with Gasteiger partial charge in [0.1, 0.15) is 0 Å². The molecule has 0 aromatic heterocycles. The quantitative estimate of drug-likeness (QED) is 0.743. The van der Waals surface area contributed by atoms with Gasteiger partial charge in [-0.3, -0.25) is 0 Å². The molecule has 4 rings (SSSR count). The highest BCUT2D eigenvalue weighted by atomic mass is 16.5. The van der Waals surface area contributed by atoms with Gasteiger partial charge in [-0.25, -0.2) is 4.79 Å². The van der Waals surface area contributed by atoms with Crippen molar-refractivity contribution < 1.29 is 9.53 Å². The van der Waals surface area contributed by atoms with E-state index < -0.39 is 0 Å². The van der Waals surface area contributed by atoms with Gasteiger partial charge >= 0.3 is 6.03 Å². The Morgan fingerprint density at radius 3 is 2.35 bits per heavy atom. The number of nitrogens with one attached hydrogen (secondary N) is 1. The fourth-order valence-corrected chi connectivity index (χ4v) is 3.90. The van der Waals surface area contributed by atoms with Gasteiger partial charge in [-0.2, -0.15) is 0 Å². The molecule has 1 saturated carbocycles. The van der Waals surface area contributed by atoms with E-state index in [1.165, 1.54) is 12.8 Å². The summed E-state index contributed by atoms with van der Waals surface area (Å²) in [6, 6.07) is 0.601. The van der Waals surface area contributed by atoms with E-state index in [4.69, 9.17) is 4.74 Å². The number of rotatable bonds is 1. The Morgan fingerprint density at radius 1 is 1.24 bits per heavy atom. The number of amides is 2. The van der Waals surface area contributed by atoms with E-state index in [9.17, 15) is 4.79 Å². The zero-order valence-electron chi connectivity index (χ0n) is 10.3. The molecule has 2 bridgehead atoms. The molecule has 4 aliphatic rings. The summed E-state index contributed by atoms with van der Waals surface area (Å²) in [5.41, 5.74) is 0. The van der Waals surface area contributed by atoms with Gasteiger partial charge in [0, 0.05) is 31.0 Å². The Morgan fingerprint density at radius 2 is 1.82 bits per heavy atom. The summed E-state index contributed by atoms with van der Waals surface area (Å²) in [5.74, 6) is 1.92. The normalized spacial score (nSPS) is 50.5. The molecular weight excluding hydrogens is 216 g/mol. The van der Waals surface area contributed by atoms with Gasteiger partial charge in [-0.1, -0.05) is 6.92 Å². The van der Waals surface area contributed by atoms with Crippen LogP contribution in [-0.4, -0.2) is 42.3 Å². The minimum atomic E-state index is 0.160. The van der Waals surface area contributed by atoms with Crippen molar-refractivity contribution in [1.29, 1.82) is 0 Å². The summed E-state index contributed by atoms with van der Waals surface area (Å²) < 4.78 is 5.92. The third-order valence-electron chi connectivity index (χ3n) is 5.16. The number of nitrogens with zero attached hydrogens (tertiary/aromatic N) is 1. The number of urea groups is 1. The number of hydrogen-bond donors (Lipinski definition) is 1. The molecule has 4 heteroatoms. The molecule has 0 spiro atoms. The minimum Gasteiger partial charge on any atom is -0.374 e. The lowest BCUT2D eigenvalue weighted by Crippen LogP contribution is -2.41. The van der Waals surface area contributed by atoms with Crippen molar-refractivity contribution in [3.63, 3.8) is 0 Å². The Kier molecular flexibility index (Phi) is 2.02. The summed E-state index contributed by atoms with van der Waals surface area (Å²) in [6.45, 7) is 4.02. The molecule has 0 aromatic rings. The van der Waals surface area contributed by atoms with Crippen LogP contribution in [0.3, 0.4) is 0 Å². The summed E-state index contributed by atoms with van der Waals surface area (Å²) in [6.07, 6.45) is 4.47. The second-order valence-electron chi connectivity index (χ2n) is 6.29. The van der Waals surface area contributed by atoms with Gasteiger partial charge in [-0.05, 0) is 25.2 Å². The molecule has 4 fully saturated rings. The van der Waals surface area contributed by atoms with Crippen molar-refractivity contribution in [2.24, 2.45) is 17.8 Å². The van der Waals surface area contributed by atoms with E-state index >= 15 is 0 Å². The van der Waals surface area contributed by atoms with Crippen molar-refractivity contribution in [2.75, 3.05) is 13.1 Å². The van der Waals surface area contributed by atoms with Crippen LogP contribution in [0.25, 0.3) is 0 Å². The molecule has 3 heterocycles. The Bertz CT molecular complexity index is 341. The highest BCUT2D eigenvalue weighted by molar-refractivity contribution is 5.75. The topological polar surface area (TPSA) is 41.6 Å². The first-order valence-electron chi connectivity index (χ1n) is 6.93. The second kappa shape index (κ2) is 3.37. The molecule has 3 saturated heterocycles. The van der Waals surface area contributed by atoms with Crippen molar-refractivity contribution in [2.45, 2.75) is 44.4 Å². The molecule has 1 aliphatic carbocycles. The van der Waals surface area contributed by atoms with Crippen LogP contribution in [0.1, 0.15) is 26.2 Å². The van der Waals surface area contributed by atoms with Gasteiger partial charge in [0.25, 0.3) is 0 Å². The van der Waals surface area contributed by atoms with Crippen LogP contribution < -0.4 is 5.32 Å². The van der Waals surface area contributed by atoms with E-state index in [2.05, 4.69) is 12.2 Å². The van der Waals surface area contributed by atoms with Gasteiger partial charge in [0.05, 0.1) is 12.2 Å². The number of carbonyl (C=O) groups is 1. The Labute approximate surface area is 102 Å². The van der Waals surface area contributed by atoms with Crippen LogP contribution in [0.2, 0.25) is 0 Å². The van der Waals surface area contributed by atoms with Crippen LogP contribution >= 0.6 is 0 Å². The fraction of sp³-hybridized carbons (Fsp3) is 0.923. The SMILES string of the molecule is CC1CC1NC(=O)N1CC2C3CCC(O3)C2C1. The van der Waals surface area contributed by atoms with Gasteiger partial charge < -0.3 is 15.0 Å². The van der Waals surface area contributed by atoms with Gasteiger partial charge in [0.15, 0.2) is 0 Å². The maximum absolute atomic E-state index is 12.1. The lowest BCUT2D eigenvalue weighted by atomic mass is 9.82. The molecule has 17 heavy (non-hydrogen) atoms. The number of hydrogen-bond acceptors (Lipinski definition) is 2. The predicted octanol–water partition coefficient (Wildman–Crippen LogP) is 1.21. The summed E-state index contributed by atoms with van der Waals surface area (Å²) in [7, 11) is 0. The van der Waals surface area contributed by atoms with Crippen LogP contribution in [0, 0.1) is 17.8 Å². The van der Waals surface area contributed by atoms with Crippen LogP contribution in [0.4, 0.5) is 4.79 Å². The van der Waals surface area contributed by atoms with E-state index in [1.54, 1.807) is 0 Å². The molecule has 0 radical (unpaired) electrons. The first kappa shape index (κ1) is 10.2. The highest BCUT2D eigenvalue weighted by Crippen LogP contribution is 2.47. The van der Waals surface area contributed by atoms with Crippen LogP contribution in [0.5, 0.6) is 0 Å². The number of carbonyl (C=O) groups excluding carboxylic acids is 1. The molecular formula is C13H20N2O2.